The second-order valence-corrected chi connectivity index (χ2v) is 6.82. The van der Waals surface area contributed by atoms with Gasteiger partial charge in [-0.3, -0.25) is 14.0 Å². The Hall–Kier alpha value is -4.34. The number of anilines is 1. The van der Waals surface area contributed by atoms with Gasteiger partial charge in [0.2, 0.25) is 0 Å². The number of imidazole rings is 1. The van der Waals surface area contributed by atoms with E-state index in [0.717, 1.165) is 6.42 Å². The molecule has 3 N–H and O–H groups in total. The lowest BCUT2D eigenvalue weighted by Gasteiger charge is -2.12. The standard InChI is InChI=1S/C21H17N5O5/c22-19(27)18-20-25-13(15-3-1-6-29-15)10-14(26(20)11-23-18)21(28)24-12-4-5-16-17(9-12)31-8-2-7-30-16/h1,3-6,9-11H,2,7-8H2,(H2,22,27)(H,24,28). The van der Waals surface area contributed by atoms with Gasteiger partial charge in [-0.2, -0.15) is 0 Å². The van der Waals surface area contributed by atoms with Crippen molar-refractivity contribution in [2.24, 2.45) is 5.73 Å². The van der Waals surface area contributed by atoms with Crippen LogP contribution in [0.3, 0.4) is 0 Å². The molecule has 10 nitrogen and oxygen atoms in total. The van der Waals surface area contributed by atoms with Crippen molar-refractivity contribution in [2.75, 3.05) is 18.5 Å². The lowest BCUT2D eigenvalue weighted by atomic mass is 10.2. The van der Waals surface area contributed by atoms with Crippen LogP contribution in [0.4, 0.5) is 5.69 Å². The smallest absolute Gasteiger partial charge is 0.272 e. The zero-order chi connectivity index (χ0) is 21.4. The van der Waals surface area contributed by atoms with Crippen LogP contribution in [-0.4, -0.2) is 39.4 Å². The molecule has 0 spiro atoms. The van der Waals surface area contributed by atoms with E-state index >= 15 is 0 Å². The van der Waals surface area contributed by atoms with Crippen molar-refractivity contribution in [2.45, 2.75) is 6.42 Å². The van der Waals surface area contributed by atoms with Crippen LogP contribution in [0.25, 0.3) is 17.1 Å². The summed E-state index contributed by atoms with van der Waals surface area (Å²) in [6.45, 7) is 1.11. The molecule has 1 aliphatic rings. The molecule has 31 heavy (non-hydrogen) atoms. The number of nitrogens with one attached hydrogen (secondary N) is 1. The third kappa shape index (κ3) is 3.44. The number of hydrogen-bond donors (Lipinski definition) is 2. The molecular formula is C21H17N5O5. The number of primary amides is 1. The summed E-state index contributed by atoms with van der Waals surface area (Å²) in [5.74, 6) is 0.431. The van der Waals surface area contributed by atoms with Gasteiger partial charge in [0.15, 0.2) is 28.6 Å². The molecule has 4 aromatic rings. The number of nitrogens with two attached hydrogens (primary N) is 1. The molecule has 2 amide bonds. The fourth-order valence-electron chi connectivity index (χ4n) is 3.31. The van der Waals surface area contributed by atoms with Gasteiger partial charge < -0.3 is 24.9 Å². The van der Waals surface area contributed by atoms with Gasteiger partial charge in [0.05, 0.1) is 19.5 Å². The summed E-state index contributed by atoms with van der Waals surface area (Å²) in [5, 5.41) is 2.83. The van der Waals surface area contributed by atoms with Crippen LogP contribution in [0.1, 0.15) is 27.4 Å². The first-order chi connectivity index (χ1) is 15.1. The summed E-state index contributed by atoms with van der Waals surface area (Å²) >= 11 is 0. The molecule has 1 aliphatic heterocycles. The third-order valence-corrected chi connectivity index (χ3v) is 4.75. The molecular weight excluding hydrogens is 402 g/mol. The van der Waals surface area contributed by atoms with E-state index in [9.17, 15) is 9.59 Å². The summed E-state index contributed by atoms with van der Waals surface area (Å²) < 4.78 is 18.1. The largest absolute Gasteiger partial charge is 0.490 e. The Labute approximate surface area is 175 Å². The SMILES string of the molecule is NC(=O)c1ncn2c(C(=O)Nc3ccc4c(c3)OCCCO4)cc(-c3ccco3)nc12. The predicted molar refractivity (Wildman–Crippen MR) is 109 cm³/mol. The molecule has 0 bridgehead atoms. The van der Waals surface area contributed by atoms with Crippen molar-refractivity contribution < 1.29 is 23.5 Å². The van der Waals surface area contributed by atoms with Crippen LogP contribution in [0.15, 0.2) is 53.4 Å². The molecule has 0 atom stereocenters. The molecule has 5 rings (SSSR count). The Morgan fingerprint density at radius 3 is 2.71 bits per heavy atom. The normalized spacial score (nSPS) is 13.0. The number of carbonyl (C=O) groups is 2. The number of nitrogens with zero attached hydrogens (tertiary/aromatic N) is 3. The summed E-state index contributed by atoms with van der Waals surface area (Å²) in [6.07, 6.45) is 3.60. The van der Waals surface area contributed by atoms with Gasteiger partial charge in [0.25, 0.3) is 11.8 Å². The second-order valence-electron chi connectivity index (χ2n) is 6.82. The van der Waals surface area contributed by atoms with Gasteiger partial charge in [0, 0.05) is 18.2 Å². The number of ether oxygens (including phenoxy) is 2. The van der Waals surface area contributed by atoms with Crippen LogP contribution >= 0.6 is 0 Å². The van der Waals surface area contributed by atoms with Gasteiger partial charge in [0.1, 0.15) is 17.7 Å². The Balaban J connectivity index is 1.55. The molecule has 0 saturated heterocycles. The minimum Gasteiger partial charge on any atom is -0.490 e. The van der Waals surface area contributed by atoms with E-state index in [4.69, 9.17) is 19.6 Å². The number of hydrogen-bond acceptors (Lipinski definition) is 7. The maximum Gasteiger partial charge on any atom is 0.272 e. The highest BCUT2D eigenvalue weighted by Crippen LogP contribution is 2.32. The summed E-state index contributed by atoms with van der Waals surface area (Å²) in [7, 11) is 0. The van der Waals surface area contributed by atoms with Crippen LogP contribution in [0.5, 0.6) is 11.5 Å². The Morgan fingerprint density at radius 1 is 1.10 bits per heavy atom. The Kier molecular flexibility index (Phi) is 4.51. The number of amides is 2. The van der Waals surface area contributed by atoms with Crippen molar-refractivity contribution in [1.29, 1.82) is 0 Å². The van der Waals surface area contributed by atoms with Gasteiger partial charge in [-0.05, 0) is 30.3 Å². The monoisotopic (exact) mass is 419 g/mol. The van der Waals surface area contributed by atoms with Crippen LogP contribution in [0, 0.1) is 0 Å². The van der Waals surface area contributed by atoms with Gasteiger partial charge >= 0.3 is 0 Å². The molecule has 0 saturated carbocycles. The number of aromatic nitrogens is 3. The average Bonchev–Trinajstić information content (AvgIpc) is 3.38. The van der Waals surface area contributed by atoms with E-state index in [1.165, 1.54) is 17.0 Å². The highest BCUT2D eigenvalue weighted by Gasteiger charge is 2.21. The Morgan fingerprint density at radius 2 is 1.94 bits per heavy atom. The average molecular weight is 419 g/mol. The summed E-state index contributed by atoms with van der Waals surface area (Å²) in [6, 6.07) is 10.1. The molecule has 0 aliphatic carbocycles. The minimum atomic E-state index is -0.749. The van der Waals surface area contributed by atoms with Crippen LogP contribution in [0.2, 0.25) is 0 Å². The number of carbonyl (C=O) groups excluding carboxylic acids is 2. The van der Waals surface area contributed by atoms with Crippen molar-refractivity contribution in [3.63, 3.8) is 0 Å². The zero-order valence-corrected chi connectivity index (χ0v) is 16.2. The number of furan rings is 1. The molecule has 10 heteroatoms. The molecule has 0 radical (unpaired) electrons. The van der Waals surface area contributed by atoms with Gasteiger partial charge in [-0.25, -0.2) is 9.97 Å². The quantitative estimate of drug-likeness (QED) is 0.519. The van der Waals surface area contributed by atoms with Crippen molar-refractivity contribution in [3.8, 4) is 23.0 Å². The molecule has 156 valence electrons. The lowest BCUT2D eigenvalue weighted by molar-refractivity contribution is 0.0993. The Bertz CT molecular complexity index is 1300. The fourth-order valence-corrected chi connectivity index (χ4v) is 3.31. The first-order valence-electron chi connectivity index (χ1n) is 9.53. The first-order valence-corrected chi connectivity index (χ1v) is 9.53. The van der Waals surface area contributed by atoms with Gasteiger partial charge in [-0.1, -0.05) is 0 Å². The highest BCUT2D eigenvalue weighted by molar-refractivity contribution is 6.05. The summed E-state index contributed by atoms with van der Waals surface area (Å²) in [4.78, 5) is 33.3. The molecule has 3 aromatic heterocycles. The van der Waals surface area contributed by atoms with E-state index in [2.05, 4.69) is 15.3 Å². The minimum absolute atomic E-state index is 0.0435. The number of rotatable bonds is 4. The highest BCUT2D eigenvalue weighted by atomic mass is 16.5. The van der Waals surface area contributed by atoms with Crippen molar-refractivity contribution >= 4 is 23.1 Å². The fraction of sp³-hybridized carbons (Fsp3) is 0.143. The maximum absolute atomic E-state index is 13.2. The van der Waals surface area contributed by atoms with Crippen molar-refractivity contribution in [1.82, 2.24) is 14.4 Å². The molecule has 0 fully saturated rings. The van der Waals surface area contributed by atoms with E-state index < -0.39 is 11.8 Å². The van der Waals surface area contributed by atoms with E-state index in [-0.39, 0.29) is 17.0 Å². The van der Waals surface area contributed by atoms with E-state index in [1.54, 1.807) is 36.4 Å². The van der Waals surface area contributed by atoms with Crippen molar-refractivity contribution in [3.05, 3.63) is 60.4 Å². The van der Waals surface area contributed by atoms with E-state index in [0.29, 0.717) is 41.9 Å². The van der Waals surface area contributed by atoms with Gasteiger partial charge in [-0.15, -0.1) is 0 Å². The number of fused-ring (bicyclic) bond motifs is 2. The lowest BCUT2D eigenvalue weighted by Crippen LogP contribution is -2.17. The number of benzene rings is 1. The van der Waals surface area contributed by atoms with Crippen LogP contribution in [-0.2, 0) is 0 Å². The van der Waals surface area contributed by atoms with E-state index in [1.807, 2.05) is 0 Å². The maximum atomic E-state index is 13.2. The topological polar surface area (TPSA) is 134 Å². The third-order valence-electron chi connectivity index (χ3n) is 4.75. The van der Waals surface area contributed by atoms with Crippen LogP contribution < -0.4 is 20.5 Å². The second kappa shape index (κ2) is 7.48. The molecule has 4 heterocycles. The molecule has 1 aromatic carbocycles. The summed E-state index contributed by atoms with van der Waals surface area (Å²) in [5.41, 5.74) is 6.61. The first kappa shape index (κ1) is 18.7. The predicted octanol–water partition coefficient (Wildman–Crippen LogP) is 2.50. The molecule has 0 unspecified atom stereocenters. The zero-order valence-electron chi connectivity index (χ0n) is 16.2.